The molecule has 2 heterocycles. The summed E-state index contributed by atoms with van der Waals surface area (Å²) >= 11 is 0. The lowest BCUT2D eigenvalue weighted by Gasteiger charge is -2.21. The highest BCUT2D eigenvalue weighted by Gasteiger charge is 2.37. The van der Waals surface area contributed by atoms with Gasteiger partial charge in [0.2, 0.25) is 11.5 Å². The number of ether oxygens (including phenoxy) is 1. The van der Waals surface area contributed by atoms with Crippen molar-refractivity contribution < 1.29 is 14.8 Å². The molecule has 2 aliphatic rings. The molecule has 3 rings (SSSR count). The molecule has 5 heteroatoms. The van der Waals surface area contributed by atoms with E-state index in [1.54, 1.807) is 6.08 Å². The molecular formula is C9H7NO4. The molecule has 5 nitrogen and oxygen atoms in total. The maximum atomic E-state index is 10.5. The van der Waals surface area contributed by atoms with E-state index in [-0.39, 0.29) is 22.9 Å². The predicted molar refractivity (Wildman–Crippen MR) is 48.7 cm³/mol. The molecule has 0 saturated carbocycles. The van der Waals surface area contributed by atoms with Crippen LogP contribution in [0.1, 0.15) is 5.56 Å². The summed E-state index contributed by atoms with van der Waals surface area (Å²) in [6.45, 7) is 3.50. The van der Waals surface area contributed by atoms with E-state index >= 15 is 0 Å². The van der Waals surface area contributed by atoms with Gasteiger partial charge in [0.25, 0.3) is 0 Å². The minimum Gasteiger partial charge on any atom is -0.507 e. The quantitative estimate of drug-likeness (QED) is 0.460. The molecule has 2 aliphatic heterocycles. The fourth-order valence-corrected chi connectivity index (χ4v) is 1.42. The van der Waals surface area contributed by atoms with Crippen LogP contribution >= 0.6 is 0 Å². The molecule has 2 bridgehead atoms. The molecule has 0 aromatic heterocycles. The van der Waals surface area contributed by atoms with Gasteiger partial charge in [-0.1, -0.05) is 6.08 Å². The normalized spacial score (nSPS) is 11.4. The van der Waals surface area contributed by atoms with Crippen molar-refractivity contribution in [2.75, 3.05) is 0 Å². The zero-order chi connectivity index (χ0) is 10.3. The maximum absolute atomic E-state index is 10.5. The largest absolute Gasteiger partial charge is 0.507 e. The van der Waals surface area contributed by atoms with E-state index in [2.05, 4.69) is 6.58 Å². The third-order valence-electron chi connectivity index (χ3n) is 2.04. The molecule has 14 heavy (non-hydrogen) atoms. The monoisotopic (exact) mass is 193 g/mol. The zero-order valence-electron chi connectivity index (χ0n) is 7.19. The summed E-state index contributed by atoms with van der Waals surface area (Å²) in [4.78, 5) is 10.0. The zero-order valence-corrected chi connectivity index (χ0v) is 7.19. The fourth-order valence-electron chi connectivity index (χ4n) is 1.42. The lowest BCUT2D eigenvalue weighted by molar-refractivity contribution is -0.390. The maximum Gasteiger partial charge on any atom is 0.354 e. The first-order valence-electron chi connectivity index (χ1n) is 3.97. The Hall–Kier alpha value is -2.04. The van der Waals surface area contributed by atoms with Gasteiger partial charge in [-0.05, 0) is 6.42 Å². The van der Waals surface area contributed by atoms with Crippen LogP contribution in [-0.4, -0.2) is 10.0 Å². The van der Waals surface area contributed by atoms with E-state index in [4.69, 9.17) is 4.74 Å². The minimum absolute atomic E-state index is 0.0201. The number of phenols is 1. The van der Waals surface area contributed by atoms with Crippen LogP contribution in [0, 0.1) is 10.1 Å². The summed E-state index contributed by atoms with van der Waals surface area (Å²) in [5.74, 6) is 0.298. The van der Waals surface area contributed by atoms with E-state index in [1.807, 2.05) is 0 Å². The van der Waals surface area contributed by atoms with Crippen molar-refractivity contribution in [1.29, 1.82) is 0 Å². The molecule has 0 radical (unpaired) electrons. The number of hydrogen-bond donors (Lipinski definition) is 1. The van der Waals surface area contributed by atoms with Crippen LogP contribution in [0.2, 0.25) is 0 Å². The molecular weight excluding hydrogens is 186 g/mol. The van der Waals surface area contributed by atoms with Crippen LogP contribution in [-0.2, 0) is 6.42 Å². The number of benzene rings is 1. The van der Waals surface area contributed by atoms with Gasteiger partial charge >= 0.3 is 5.69 Å². The first-order valence-corrected chi connectivity index (χ1v) is 3.97. The average Bonchev–Trinajstić information content (AvgIpc) is 2.06. The number of rotatable bonds is 3. The second kappa shape index (κ2) is 2.73. The summed E-state index contributed by atoms with van der Waals surface area (Å²) in [7, 11) is 0. The Bertz CT molecular complexity index is 439. The lowest BCUT2D eigenvalue weighted by Crippen LogP contribution is -2.08. The third-order valence-corrected chi connectivity index (χ3v) is 2.04. The number of nitro benzene ring substituents is 1. The summed E-state index contributed by atoms with van der Waals surface area (Å²) in [5.41, 5.74) is 0.362. The van der Waals surface area contributed by atoms with Crippen LogP contribution < -0.4 is 4.74 Å². The molecule has 0 saturated heterocycles. The van der Waals surface area contributed by atoms with Gasteiger partial charge in [-0.2, -0.15) is 0 Å². The SMILES string of the molecule is C=CCc1c(O)cc2c([N+](=O)[O-])c1O2. The van der Waals surface area contributed by atoms with Crippen molar-refractivity contribution in [2.24, 2.45) is 0 Å². The van der Waals surface area contributed by atoms with Crippen LogP contribution in [0.25, 0.3) is 0 Å². The molecule has 0 unspecified atom stereocenters. The van der Waals surface area contributed by atoms with Gasteiger partial charge in [-0.25, -0.2) is 0 Å². The van der Waals surface area contributed by atoms with E-state index in [0.717, 1.165) is 0 Å². The van der Waals surface area contributed by atoms with Crippen LogP contribution in [0.15, 0.2) is 18.7 Å². The Labute approximate surface area is 79.4 Å². The fraction of sp³-hybridized carbons (Fsp3) is 0.111. The number of hydrogen-bond acceptors (Lipinski definition) is 4. The molecule has 0 fully saturated rings. The van der Waals surface area contributed by atoms with Crippen LogP contribution in [0.3, 0.4) is 0 Å². The van der Waals surface area contributed by atoms with Gasteiger partial charge in [0, 0.05) is 11.6 Å². The highest BCUT2D eigenvalue weighted by molar-refractivity contribution is 5.73. The first kappa shape index (κ1) is 8.55. The molecule has 1 aromatic rings. The highest BCUT2D eigenvalue weighted by atomic mass is 16.6. The molecule has 1 N–H and O–H groups in total. The van der Waals surface area contributed by atoms with Gasteiger partial charge in [0.15, 0.2) is 0 Å². The van der Waals surface area contributed by atoms with E-state index in [0.29, 0.717) is 12.0 Å². The van der Waals surface area contributed by atoms with Crippen molar-refractivity contribution in [2.45, 2.75) is 6.42 Å². The molecule has 0 atom stereocenters. The summed E-state index contributed by atoms with van der Waals surface area (Å²) in [5, 5.41) is 20.0. The van der Waals surface area contributed by atoms with Crippen molar-refractivity contribution in [3.63, 3.8) is 0 Å². The summed E-state index contributed by atoms with van der Waals surface area (Å²) in [6.07, 6.45) is 1.90. The number of allylic oxidation sites excluding steroid dienone is 1. The smallest absolute Gasteiger partial charge is 0.354 e. The highest BCUT2D eigenvalue weighted by Crippen LogP contribution is 2.55. The van der Waals surface area contributed by atoms with Crippen LogP contribution in [0.5, 0.6) is 17.2 Å². The van der Waals surface area contributed by atoms with Crippen molar-refractivity contribution in [3.8, 4) is 17.2 Å². The minimum atomic E-state index is -0.514. The number of fused-ring (bicyclic) bond motifs is 2. The molecule has 1 aromatic carbocycles. The number of nitro groups is 1. The Morgan fingerprint density at radius 3 is 3.00 bits per heavy atom. The van der Waals surface area contributed by atoms with Gasteiger partial charge in [-0.15, -0.1) is 6.58 Å². The van der Waals surface area contributed by atoms with Crippen LogP contribution in [0.4, 0.5) is 5.69 Å². The van der Waals surface area contributed by atoms with Crippen molar-refractivity contribution >= 4 is 5.69 Å². The van der Waals surface area contributed by atoms with Gasteiger partial charge in [-0.3, -0.25) is 10.1 Å². The third kappa shape index (κ3) is 0.953. The molecule has 0 amide bonds. The van der Waals surface area contributed by atoms with E-state index in [9.17, 15) is 15.2 Å². The molecule has 0 aliphatic carbocycles. The first-order chi connectivity index (χ1) is 6.65. The second-order valence-electron chi connectivity index (χ2n) is 2.90. The number of aromatic hydroxyl groups is 1. The molecule has 72 valence electrons. The summed E-state index contributed by atoms with van der Waals surface area (Å²) < 4.78 is 5.02. The lowest BCUT2D eigenvalue weighted by atomic mass is 10.0. The van der Waals surface area contributed by atoms with Gasteiger partial charge < -0.3 is 9.84 Å². The second-order valence-corrected chi connectivity index (χ2v) is 2.90. The Morgan fingerprint density at radius 1 is 1.71 bits per heavy atom. The van der Waals surface area contributed by atoms with Gasteiger partial charge in [0.1, 0.15) is 5.75 Å². The Kier molecular flexibility index (Phi) is 1.67. The van der Waals surface area contributed by atoms with E-state index < -0.39 is 4.92 Å². The Morgan fingerprint density at radius 2 is 2.43 bits per heavy atom. The van der Waals surface area contributed by atoms with Gasteiger partial charge in [0.05, 0.1) is 4.92 Å². The van der Waals surface area contributed by atoms with E-state index in [1.165, 1.54) is 6.07 Å². The van der Waals surface area contributed by atoms with Crippen molar-refractivity contribution in [3.05, 3.63) is 34.4 Å². The average molecular weight is 193 g/mol. The Balaban J connectivity index is 2.56. The predicted octanol–water partition coefficient (Wildman–Crippen LogP) is 2.13. The van der Waals surface area contributed by atoms with Crippen molar-refractivity contribution in [1.82, 2.24) is 0 Å². The summed E-state index contributed by atoms with van der Waals surface area (Å²) in [6, 6.07) is 1.25. The standard InChI is InChI=1S/C9H7NO4/c1-2-3-5-6(11)4-7-8(10(12)13)9(5)14-7/h2,4,11H,1,3H2. The molecule has 0 spiro atoms. The number of nitrogens with zero attached hydrogens (tertiary/aromatic N) is 1. The topological polar surface area (TPSA) is 72.6 Å². The number of phenolic OH excluding ortho intramolecular Hbond substituents is 1.